The fourth-order valence-corrected chi connectivity index (χ4v) is 2.81. The number of anilines is 1. The van der Waals surface area contributed by atoms with Gasteiger partial charge >= 0.3 is 0 Å². The number of rotatable bonds is 4. The molecule has 0 saturated carbocycles. The number of halogens is 2. The number of aromatic nitrogens is 1. The van der Waals surface area contributed by atoms with E-state index in [0.29, 0.717) is 29.9 Å². The van der Waals surface area contributed by atoms with Crippen molar-refractivity contribution in [1.82, 2.24) is 4.98 Å². The van der Waals surface area contributed by atoms with Crippen LogP contribution in [-0.4, -0.2) is 23.1 Å². The molecule has 0 amide bonds. The molecule has 0 atom stereocenters. The van der Waals surface area contributed by atoms with Crippen LogP contribution in [0.2, 0.25) is 5.02 Å². The van der Waals surface area contributed by atoms with Crippen molar-refractivity contribution < 1.29 is 9.18 Å². The van der Waals surface area contributed by atoms with Crippen molar-refractivity contribution in [3.63, 3.8) is 0 Å². The van der Waals surface area contributed by atoms with Crippen molar-refractivity contribution in [2.45, 2.75) is 19.8 Å². The Balaban J connectivity index is 1.86. The van der Waals surface area contributed by atoms with Crippen molar-refractivity contribution in [3.05, 3.63) is 58.0 Å². The number of pyridine rings is 1. The molecule has 6 heteroatoms. The highest BCUT2D eigenvalue weighted by Crippen LogP contribution is 2.26. The Hall–Kier alpha value is -2.27. The normalized spacial score (nSPS) is 14.7. The summed E-state index contributed by atoms with van der Waals surface area (Å²) in [5.74, 6) is 0.962. The minimum absolute atomic E-state index is 0.0225. The van der Waals surface area contributed by atoms with Gasteiger partial charge in [-0.2, -0.15) is 0 Å². The van der Waals surface area contributed by atoms with E-state index in [1.807, 2.05) is 6.92 Å². The number of fused-ring (bicyclic) bond motifs is 1. The van der Waals surface area contributed by atoms with E-state index >= 15 is 0 Å². The molecule has 1 aromatic carbocycles. The van der Waals surface area contributed by atoms with Gasteiger partial charge in [0.1, 0.15) is 17.5 Å². The fraction of sp³-hybridized carbons (Fsp3) is 0.235. The molecule has 0 saturated heterocycles. The number of nitrogens with one attached hydrogen (secondary N) is 1. The molecule has 3 rings (SSSR count). The summed E-state index contributed by atoms with van der Waals surface area (Å²) >= 11 is 5.77. The number of ketones is 1. The van der Waals surface area contributed by atoms with E-state index in [9.17, 15) is 9.18 Å². The van der Waals surface area contributed by atoms with Crippen LogP contribution < -0.4 is 5.32 Å². The SMILES string of the molecule is CCN=C1Cc2c(C(=O)Cc3ccc(F)c(Cl)c3)ccnc2N1. The second kappa shape index (κ2) is 6.46. The lowest BCUT2D eigenvalue weighted by molar-refractivity contribution is 0.0992. The molecule has 2 aromatic rings. The zero-order chi connectivity index (χ0) is 16.4. The average Bonchev–Trinajstić information content (AvgIpc) is 2.93. The van der Waals surface area contributed by atoms with Gasteiger partial charge in [-0.3, -0.25) is 9.79 Å². The number of nitrogens with zero attached hydrogens (tertiary/aromatic N) is 2. The highest BCUT2D eigenvalue weighted by molar-refractivity contribution is 6.30. The second-order valence-corrected chi connectivity index (χ2v) is 5.66. The van der Waals surface area contributed by atoms with Crippen molar-refractivity contribution in [2.75, 3.05) is 11.9 Å². The van der Waals surface area contributed by atoms with E-state index in [1.165, 1.54) is 12.1 Å². The molecule has 0 bridgehead atoms. The molecule has 0 radical (unpaired) electrons. The van der Waals surface area contributed by atoms with Crippen molar-refractivity contribution in [2.24, 2.45) is 4.99 Å². The Bertz CT molecular complexity index is 804. The highest BCUT2D eigenvalue weighted by Gasteiger charge is 2.23. The zero-order valence-electron chi connectivity index (χ0n) is 12.6. The molecule has 1 aromatic heterocycles. The number of Topliss-reactive ketones (excluding diaryl/α,β-unsaturated/α-hetero) is 1. The van der Waals surface area contributed by atoms with Gasteiger partial charge in [0.2, 0.25) is 0 Å². The van der Waals surface area contributed by atoms with Gasteiger partial charge in [-0.05, 0) is 30.7 Å². The molecule has 4 nitrogen and oxygen atoms in total. The maximum Gasteiger partial charge on any atom is 0.167 e. The van der Waals surface area contributed by atoms with Gasteiger partial charge in [-0.15, -0.1) is 0 Å². The summed E-state index contributed by atoms with van der Waals surface area (Å²) in [7, 11) is 0. The first-order valence-electron chi connectivity index (χ1n) is 7.34. The van der Waals surface area contributed by atoms with Crippen molar-refractivity contribution in [3.8, 4) is 0 Å². The molecule has 1 aliphatic heterocycles. The minimum Gasteiger partial charge on any atom is -0.328 e. The topological polar surface area (TPSA) is 54.4 Å². The summed E-state index contributed by atoms with van der Waals surface area (Å²) in [4.78, 5) is 21.2. The first-order chi connectivity index (χ1) is 11.1. The van der Waals surface area contributed by atoms with Crippen LogP contribution in [0.15, 0.2) is 35.5 Å². The minimum atomic E-state index is -0.489. The first kappa shape index (κ1) is 15.6. The Morgan fingerprint density at radius 3 is 3.00 bits per heavy atom. The monoisotopic (exact) mass is 331 g/mol. The van der Waals surface area contributed by atoms with E-state index in [2.05, 4.69) is 15.3 Å². The van der Waals surface area contributed by atoms with Crippen molar-refractivity contribution >= 4 is 29.0 Å². The number of carbonyl (C=O) groups is 1. The summed E-state index contributed by atoms with van der Waals surface area (Å²) in [5, 5.41) is 3.15. The van der Waals surface area contributed by atoms with E-state index in [0.717, 1.165) is 11.4 Å². The maximum atomic E-state index is 13.2. The Kier molecular flexibility index (Phi) is 4.39. The van der Waals surface area contributed by atoms with Gasteiger partial charge in [0.05, 0.1) is 5.02 Å². The summed E-state index contributed by atoms with van der Waals surface area (Å²) in [5.41, 5.74) is 2.16. The summed E-state index contributed by atoms with van der Waals surface area (Å²) < 4.78 is 13.2. The Morgan fingerprint density at radius 2 is 2.26 bits per heavy atom. The molecular formula is C17H15ClFN3O. The molecule has 0 fully saturated rings. The standard InChI is InChI=1S/C17H15ClFN3O/c1-2-20-16-9-12-11(5-6-21-17(12)22-16)15(23)8-10-3-4-14(19)13(18)7-10/h3-7H,2,8-9H2,1H3,(H,20,21,22). The smallest absolute Gasteiger partial charge is 0.167 e. The number of benzene rings is 1. The van der Waals surface area contributed by atoms with E-state index in [4.69, 9.17) is 11.6 Å². The van der Waals surface area contributed by atoms with Crippen LogP contribution in [0.4, 0.5) is 10.2 Å². The number of carbonyl (C=O) groups excluding carboxylic acids is 1. The largest absolute Gasteiger partial charge is 0.328 e. The van der Waals surface area contributed by atoms with Crippen LogP contribution in [0, 0.1) is 5.82 Å². The lowest BCUT2D eigenvalue weighted by Crippen LogP contribution is -2.08. The summed E-state index contributed by atoms with van der Waals surface area (Å²) in [6.45, 7) is 2.63. The zero-order valence-corrected chi connectivity index (χ0v) is 13.3. The Labute approximate surface area is 138 Å². The molecule has 1 aliphatic rings. The van der Waals surface area contributed by atoms with Gasteiger partial charge in [0.15, 0.2) is 5.78 Å². The molecule has 23 heavy (non-hydrogen) atoms. The number of aliphatic imine (C=N–C) groups is 1. The third kappa shape index (κ3) is 3.24. The number of amidine groups is 1. The molecule has 0 unspecified atom stereocenters. The van der Waals surface area contributed by atoms with E-state index in [1.54, 1.807) is 18.3 Å². The number of hydrogen-bond acceptors (Lipinski definition) is 3. The van der Waals surface area contributed by atoms with Gasteiger partial charge < -0.3 is 5.32 Å². The molecular weight excluding hydrogens is 317 g/mol. The second-order valence-electron chi connectivity index (χ2n) is 5.26. The lowest BCUT2D eigenvalue weighted by Gasteiger charge is -2.06. The van der Waals surface area contributed by atoms with Gasteiger partial charge in [0.25, 0.3) is 0 Å². The van der Waals surface area contributed by atoms with Gasteiger partial charge in [-0.1, -0.05) is 17.7 Å². The number of hydrogen-bond donors (Lipinski definition) is 1. The molecule has 2 heterocycles. The van der Waals surface area contributed by atoms with Crippen LogP contribution in [0.25, 0.3) is 0 Å². The molecule has 118 valence electrons. The fourth-order valence-electron chi connectivity index (χ4n) is 2.61. The summed E-state index contributed by atoms with van der Waals surface area (Å²) in [6.07, 6.45) is 2.34. The maximum absolute atomic E-state index is 13.2. The van der Waals surface area contributed by atoms with Crippen LogP contribution in [-0.2, 0) is 12.8 Å². The van der Waals surface area contributed by atoms with Crippen LogP contribution in [0.3, 0.4) is 0 Å². The van der Waals surface area contributed by atoms with E-state index < -0.39 is 5.82 Å². The van der Waals surface area contributed by atoms with Crippen LogP contribution in [0.5, 0.6) is 0 Å². The third-order valence-corrected chi connectivity index (χ3v) is 3.95. The van der Waals surface area contributed by atoms with Gasteiger partial charge in [-0.25, -0.2) is 9.37 Å². The highest BCUT2D eigenvalue weighted by atomic mass is 35.5. The predicted octanol–water partition coefficient (Wildman–Crippen LogP) is 3.69. The molecule has 0 aliphatic carbocycles. The molecule has 1 N–H and O–H groups in total. The van der Waals surface area contributed by atoms with Gasteiger partial charge in [0, 0.05) is 36.7 Å². The Morgan fingerprint density at radius 1 is 1.43 bits per heavy atom. The predicted molar refractivity (Wildman–Crippen MR) is 89.0 cm³/mol. The third-order valence-electron chi connectivity index (χ3n) is 3.66. The summed E-state index contributed by atoms with van der Waals surface area (Å²) in [6, 6.07) is 6.04. The lowest BCUT2D eigenvalue weighted by atomic mass is 9.99. The molecule has 0 spiro atoms. The van der Waals surface area contributed by atoms with E-state index in [-0.39, 0.29) is 17.2 Å². The van der Waals surface area contributed by atoms with Crippen LogP contribution >= 0.6 is 11.6 Å². The first-order valence-corrected chi connectivity index (χ1v) is 7.71. The quantitative estimate of drug-likeness (QED) is 0.869. The van der Waals surface area contributed by atoms with Crippen LogP contribution in [0.1, 0.15) is 28.4 Å². The average molecular weight is 332 g/mol. The van der Waals surface area contributed by atoms with Crippen molar-refractivity contribution in [1.29, 1.82) is 0 Å².